The van der Waals surface area contributed by atoms with Crippen molar-refractivity contribution in [2.75, 3.05) is 11.9 Å². The average molecular weight is 290 g/mol. The van der Waals surface area contributed by atoms with E-state index in [1.807, 2.05) is 0 Å². The maximum absolute atomic E-state index is 12.0. The molecule has 7 heteroatoms. The summed E-state index contributed by atoms with van der Waals surface area (Å²) in [4.78, 5) is 3.85. The topological polar surface area (TPSA) is 54.4 Å². The number of hydrogen-bond acceptors (Lipinski definition) is 4. The summed E-state index contributed by atoms with van der Waals surface area (Å²) in [6.45, 7) is 0.563. The molecule has 1 aromatic rings. The Morgan fingerprint density at radius 2 is 2.05 bits per heavy atom. The second-order valence-corrected chi connectivity index (χ2v) is 4.92. The molecule has 1 aromatic heterocycles. The van der Waals surface area contributed by atoms with Gasteiger partial charge in [-0.2, -0.15) is 0 Å². The molecule has 1 saturated carbocycles. The van der Waals surface area contributed by atoms with Crippen molar-refractivity contribution in [2.45, 2.75) is 38.1 Å². The van der Waals surface area contributed by atoms with Gasteiger partial charge >= 0.3 is 6.36 Å². The van der Waals surface area contributed by atoms with Crippen molar-refractivity contribution in [1.29, 1.82) is 0 Å². The van der Waals surface area contributed by atoms with Crippen molar-refractivity contribution in [3.63, 3.8) is 0 Å². The number of aliphatic hydroxyl groups is 1. The largest absolute Gasteiger partial charge is 0.573 e. The van der Waals surface area contributed by atoms with E-state index in [0.29, 0.717) is 12.4 Å². The van der Waals surface area contributed by atoms with E-state index in [0.717, 1.165) is 31.9 Å². The molecule has 1 aliphatic rings. The average Bonchev–Trinajstić information content (AvgIpc) is 2.38. The van der Waals surface area contributed by atoms with Crippen molar-refractivity contribution in [3.8, 4) is 5.75 Å². The summed E-state index contributed by atoms with van der Waals surface area (Å²) in [5.74, 6) is 0.287. The molecule has 4 nitrogen and oxygen atoms in total. The van der Waals surface area contributed by atoms with Gasteiger partial charge in [-0.05, 0) is 25.0 Å². The summed E-state index contributed by atoms with van der Waals surface area (Å²) in [6.07, 6.45) is -0.115. The van der Waals surface area contributed by atoms with E-state index in [1.54, 1.807) is 0 Å². The lowest BCUT2D eigenvalue weighted by atomic mass is 9.86. The first-order valence-corrected chi connectivity index (χ1v) is 6.58. The highest BCUT2D eigenvalue weighted by atomic mass is 19.4. The number of pyridine rings is 1. The number of aromatic nitrogens is 1. The summed E-state index contributed by atoms with van der Waals surface area (Å²) in [7, 11) is 0. The Hall–Kier alpha value is -1.50. The Bertz CT molecular complexity index is 423. The maximum atomic E-state index is 12.0. The molecular formula is C13H17F3N2O2. The minimum absolute atomic E-state index is 0.164. The molecule has 0 saturated heterocycles. The van der Waals surface area contributed by atoms with Crippen LogP contribution in [0.3, 0.4) is 0 Å². The van der Waals surface area contributed by atoms with Gasteiger partial charge in [0.2, 0.25) is 0 Å². The van der Waals surface area contributed by atoms with Gasteiger partial charge < -0.3 is 15.2 Å². The molecule has 0 spiro atoms. The van der Waals surface area contributed by atoms with Gasteiger partial charge in [0.15, 0.2) is 0 Å². The van der Waals surface area contributed by atoms with E-state index < -0.39 is 6.36 Å². The van der Waals surface area contributed by atoms with Crippen LogP contribution in [0.25, 0.3) is 0 Å². The predicted molar refractivity (Wildman–Crippen MR) is 67.4 cm³/mol. The molecule has 0 aromatic carbocycles. The number of hydrogen-bond donors (Lipinski definition) is 2. The molecule has 112 valence electrons. The number of rotatable bonds is 4. The minimum atomic E-state index is -4.71. The van der Waals surface area contributed by atoms with Crippen molar-refractivity contribution < 1.29 is 23.0 Å². The van der Waals surface area contributed by atoms with Gasteiger partial charge in [0, 0.05) is 12.5 Å². The van der Waals surface area contributed by atoms with Gasteiger partial charge in [-0.25, -0.2) is 4.98 Å². The van der Waals surface area contributed by atoms with Gasteiger partial charge in [-0.1, -0.05) is 12.8 Å². The highest BCUT2D eigenvalue weighted by Gasteiger charge is 2.31. The first-order valence-electron chi connectivity index (χ1n) is 6.58. The second kappa shape index (κ2) is 6.30. The smallest absolute Gasteiger partial charge is 0.404 e. The highest BCUT2D eigenvalue weighted by molar-refractivity contribution is 5.37. The van der Waals surface area contributed by atoms with Crippen LogP contribution in [-0.4, -0.2) is 29.1 Å². The molecule has 2 N–H and O–H groups in total. The quantitative estimate of drug-likeness (QED) is 0.895. The van der Waals surface area contributed by atoms with E-state index in [9.17, 15) is 18.3 Å². The first kappa shape index (κ1) is 14.9. The molecule has 1 heterocycles. The number of halogens is 3. The van der Waals surface area contributed by atoms with Crippen LogP contribution in [0.2, 0.25) is 0 Å². The Morgan fingerprint density at radius 3 is 2.65 bits per heavy atom. The number of nitrogens with one attached hydrogen (secondary N) is 1. The fourth-order valence-corrected chi connectivity index (χ4v) is 2.34. The van der Waals surface area contributed by atoms with Crippen LogP contribution in [0.4, 0.5) is 19.0 Å². The minimum Gasteiger partial charge on any atom is -0.404 e. The Kier molecular flexibility index (Phi) is 4.69. The van der Waals surface area contributed by atoms with Crippen LogP contribution in [0, 0.1) is 5.92 Å². The van der Waals surface area contributed by atoms with Crippen LogP contribution in [0.5, 0.6) is 5.75 Å². The van der Waals surface area contributed by atoms with E-state index in [1.165, 1.54) is 12.1 Å². The summed E-state index contributed by atoms with van der Waals surface area (Å²) in [6, 6.07) is 2.64. The van der Waals surface area contributed by atoms with E-state index in [4.69, 9.17) is 0 Å². The lowest BCUT2D eigenvalue weighted by Gasteiger charge is -2.27. The lowest BCUT2D eigenvalue weighted by Crippen LogP contribution is -2.30. The Labute approximate surface area is 115 Å². The second-order valence-electron chi connectivity index (χ2n) is 4.92. The number of anilines is 1. The zero-order valence-corrected chi connectivity index (χ0v) is 10.9. The third kappa shape index (κ3) is 4.56. The molecule has 2 unspecified atom stereocenters. The normalized spacial score (nSPS) is 23.4. The third-order valence-corrected chi connectivity index (χ3v) is 3.38. The highest BCUT2D eigenvalue weighted by Crippen LogP contribution is 2.25. The van der Waals surface area contributed by atoms with E-state index in [-0.39, 0.29) is 17.8 Å². The molecule has 0 bridgehead atoms. The first-order chi connectivity index (χ1) is 9.44. The van der Waals surface area contributed by atoms with Crippen LogP contribution >= 0.6 is 0 Å². The van der Waals surface area contributed by atoms with E-state index in [2.05, 4.69) is 15.0 Å². The number of aliphatic hydroxyl groups excluding tert-OH is 1. The van der Waals surface area contributed by atoms with Crippen LogP contribution in [-0.2, 0) is 0 Å². The lowest BCUT2D eigenvalue weighted by molar-refractivity contribution is -0.274. The Balaban J connectivity index is 1.84. The molecular weight excluding hydrogens is 273 g/mol. The molecule has 0 radical (unpaired) electrons. The summed E-state index contributed by atoms with van der Waals surface area (Å²) in [5, 5.41) is 12.8. The fraction of sp³-hybridized carbons (Fsp3) is 0.615. The molecule has 1 aliphatic carbocycles. The molecule has 2 atom stereocenters. The van der Waals surface area contributed by atoms with Crippen LogP contribution in [0.1, 0.15) is 25.7 Å². The molecule has 0 amide bonds. The summed E-state index contributed by atoms with van der Waals surface area (Å²) in [5.41, 5.74) is 0. The van der Waals surface area contributed by atoms with Gasteiger partial charge in [-0.15, -0.1) is 13.2 Å². The van der Waals surface area contributed by atoms with E-state index >= 15 is 0 Å². The predicted octanol–water partition coefficient (Wildman–Crippen LogP) is 2.94. The fourth-order valence-electron chi connectivity index (χ4n) is 2.34. The van der Waals surface area contributed by atoms with Crippen molar-refractivity contribution in [1.82, 2.24) is 4.98 Å². The van der Waals surface area contributed by atoms with Gasteiger partial charge in [0.1, 0.15) is 11.6 Å². The molecule has 1 fully saturated rings. The van der Waals surface area contributed by atoms with Gasteiger partial charge in [-0.3, -0.25) is 0 Å². The van der Waals surface area contributed by atoms with Crippen molar-refractivity contribution >= 4 is 5.82 Å². The number of nitrogens with zero attached hydrogens (tertiary/aromatic N) is 1. The number of ether oxygens (including phenoxy) is 1. The zero-order valence-electron chi connectivity index (χ0n) is 10.9. The zero-order chi connectivity index (χ0) is 14.6. The third-order valence-electron chi connectivity index (χ3n) is 3.38. The summed E-state index contributed by atoms with van der Waals surface area (Å²) >= 11 is 0. The Morgan fingerprint density at radius 1 is 1.30 bits per heavy atom. The van der Waals surface area contributed by atoms with Crippen molar-refractivity contribution in [3.05, 3.63) is 18.3 Å². The number of alkyl halides is 3. The maximum Gasteiger partial charge on any atom is 0.573 e. The molecule has 0 aliphatic heterocycles. The van der Waals surface area contributed by atoms with Gasteiger partial charge in [0.25, 0.3) is 0 Å². The van der Waals surface area contributed by atoms with Crippen LogP contribution in [0.15, 0.2) is 18.3 Å². The SMILES string of the molecule is OC1CCCCC1CNc1ccc(OC(F)(F)F)cn1. The van der Waals surface area contributed by atoms with Crippen molar-refractivity contribution in [2.24, 2.45) is 5.92 Å². The summed E-state index contributed by atoms with van der Waals surface area (Å²) < 4.78 is 39.7. The van der Waals surface area contributed by atoms with Crippen LogP contribution < -0.4 is 10.1 Å². The monoisotopic (exact) mass is 290 g/mol. The molecule has 20 heavy (non-hydrogen) atoms. The molecule has 2 rings (SSSR count). The van der Waals surface area contributed by atoms with Gasteiger partial charge in [0.05, 0.1) is 12.3 Å². The standard InChI is InChI=1S/C13H17F3N2O2/c14-13(15,16)20-10-5-6-12(18-8-10)17-7-9-3-1-2-4-11(9)19/h5-6,8-9,11,19H,1-4,7H2,(H,17,18).